The van der Waals surface area contributed by atoms with Crippen molar-refractivity contribution in [1.29, 1.82) is 0 Å². The van der Waals surface area contributed by atoms with Gasteiger partial charge in [-0.3, -0.25) is 0 Å². The van der Waals surface area contributed by atoms with Crippen LogP contribution in [-0.4, -0.2) is 12.4 Å². The highest BCUT2D eigenvalue weighted by Crippen LogP contribution is 2.11. The molecule has 0 amide bonds. The Labute approximate surface area is 99.0 Å². The molecule has 0 saturated heterocycles. The lowest BCUT2D eigenvalue weighted by molar-refractivity contribution is 0.643. The molecule has 0 bridgehead atoms. The minimum atomic E-state index is 0.762. The highest BCUT2D eigenvalue weighted by atomic mass is 79.9. The van der Waals surface area contributed by atoms with Crippen LogP contribution in [0.5, 0.6) is 0 Å². The van der Waals surface area contributed by atoms with Crippen molar-refractivity contribution < 1.29 is 0 Å². The van der Waals surface area contributed by atoms with Crippen LogP contribution in [0.15, 0.2) is 28.7 Å². The quantitative estimate of drug-likeness (QED) is 0.619. The van der Waals surface area contributed by atoms with Crippen molar-refractivity contribution >= 4 is 27.5 Å². The van der Waals surface area contributed by atoms with Crippen molar-refractivity contribution in [2.24, 2.45) is 0 Å². The normalized spacial score (nSPS) is 10.4. The number of hydrogen-bond donors (Lipinski definition) is 1. The standard InChI is InChI=1S/C11H15BrClN/c12-11-5-3-4-10(8-11)9-14-7-2-1-6-13/h3-5,8,14H,1-2,6-7,9H2. The van der Waals surface area contributed by atoms with Crippen LogP contribution in [0.4, 0.5) is 0 Å². The first kappa shape index (κ1) is 12.0. The molecule has 0 aliphatic rings. The highest BCUT2D eigenvalue weighted by molar-refractivity contribution is 9.10. The molecule has 0 spiro atoms. The third-order valence-corrected chi connectivity index (χ3v) is 2.72. The van der Waals surface area contributed by atoms with Crippen molar-refractivity contribution in [3.8, 4) is 0 Å². The molecule has 14 heavy (non-hydrogen) atoms. The molecule has 3 heteroatoms. The molecule has 78 valence electrons. The Kier molecular flexibility index (Phi) is 6.24. The summed E-state index contributed by atoms with van der Waals surface area (Å²) in [6.45, 7) is 1.97. The van der Waals surface area contributed by atoms with Crippen molar-refractivity contribution in [2.45, 2.75) is 19.4 Å². The fourth-order valence-corrected chi connectivity index (χ4v) is 1.86. The van der Waals surface area contributed by atoms with E-state index in [1.54, 1.807) is 0 Å². The van der Waals surface area contributed by atoms with E-state index in [2.05, 4.69) is 39.4 Å². The van der Waals surface area contributed by atoms with Gasteiger partial charge in [-0.25, -0.2) is 0 Å². The summed E-state index contributed by atoms with van der Waals surface area (Å²) in [5.74, 6) is 0.762. The molecule has 0 atom stereocenters. The van der Waals surface area contributed by atoms with Crippen molar-refractivity contribution in [2.75, 3.05) is 12.4 Å². The van der Waals surface area contributed by atoms with Gasteiger partial charge in [0.05, 0.1) is 0 Å². The third-order valence-electron chi connectivity index (χ3n) is 1.96. The molecule has 1 nitrogen and oxygen atoms in total. The summed E-state index contributed by atoms with van der Waals surface area (Å²) < 4.78 is 1.14. The van der Waals surface area contributed by atoms with Gasteiger partial charge in [0.25, 0.3) is 0 Å². The maximum Gasteiger partial charge on any atom is 0.0223 e. The molecule has 1 rings (SSSR count). The van der Waals surface area contributed by atoms with E-state index < -0.39 is 0 Å². The minimum absolute atomic E-state index is 0.762. The molecule has 0 aliphatic heterocycles. The Bertz CT molecular complexity index is 265. The lowest BCUT2D eigenvalue weighted by Gasteiger charge is -2.04. The maximum absolute atomic E-state index is 5.58. The topological polar surface area (TPSA) is 12.0 Å². The van der Waals surface area contributed by atoms with Crippen LogP contribution in [0.2, 0.25) is 0 Å². The van der Waals surface area contributed by atoms with Crippen LogP contribution in [0.1, 0.15) is 18.4 Å². The lowest BCUT2D eigenvalue weighted by Crippen LogP contribution is -2.14. The number of nitrogens with one attached hydrogen (secondary N) is 1. The number of alkyl halides is 1. The van der Waals surface area contributed by atoms with Gasteiger partial charge in [-0.05, 0) is 37.1 Å². The SMILES string of the molecule is ClCCCCNCc1cccc(Br)c1. The summed E-state index contributed by atoms with van der Waals surface area (Å²) in [7, 11) is 0. The fourth-order valence-electron chi connectivity index (χ4n) is 1.22. The number of benzene rings is 1. The first-order valence-electron chi connectivity index (χ1n) is 4.84. The molecule has 1 aromatic carbocycles. The van der Waals surface area contributed by atoms with E-state index in [1.165, 1.54) is 5.56 Å². The summed E-state index contributed by atoms with van der Waals surface area (Å²) >= 11 is 9.04. The summed E-state index contributed by atoms with van der Waals surface area (Å²) in [5, 5.41) is 3.38. The van der Waals surface area contributed by atoms with Crippen LogP contribution in [-0.2, 0) is 6.54 Å². The van der Waals surface area contributed by atoms with E-state index in [0.717, 1.165) is 36.3 Å². The van der Waals surface area contributed by atoms with E-state index >= 15 is 0 Å². The van der Waals surface area contributed by atoms with Crippen LogP contribution in [0, 0.1) is 0 Å². The second-order valence-electron chi connectivity index (χ2n) is 3.20. The van der Waals surface area contributed by atoms with Gasteiger partial charge < -0.3 is 5.32 Å². The summed E-state index contributed by atoms with van der Waals surface area (Å²) in [4.78, 5) is 0. The van der Waals surface area contributed by atoms with Gasteiger partial charge in [0.15, 0.2) is 0 Å². The second-order valence-corrected chi connectivity index (χ2v) is 4.50. The molecular weight excluding hydrogens is 261 g/mol. The molecule has 0 saturated carbocycles. The molecule has 0 unspecified atom stereocenters. The van der Waals surface area contributed by atoms with Gasteiger partial charge >= 0.3 is 0 Å². The lowest BCUT2D eigenvalue weighted by atomic mass is 10.2. The van der Waals surface area contributed by atoms with Gasteiger partial charge in [-0.1, -0.05) is 28.1 Å². The number of halogens is 2. The third kappa shape index (κ3) is 4.99. The molecule has 0 fully saturated rings. The van der Waals surface area contributed by atoms with E-state index in [1.807, 2.05) is 6.07 Å². The van der Waals surface area contributed by atoms with Gasteiger partial charge in [0, 0.05) is 16.9 Å². The zero-order chi connectivity index (χ0) is 10.2. The van der Waals surface area contributed by atoms with Gasteiger partial charge in [-0.15, -0.1) is 11.6 Å². The maximum atomic E-state index is 5.58. The highest BCUT2D eigenvalue weighted by Gasteiger charge is 1.93. The van der Waals surface area contributed by atoms with Crippen LogP contribution >= 0.6 is 27.5 Å². The van der Waals surface area contributed by atoms with Crippen molar-refractivity contribution in [1.82, 2.24) is 5.32 Å². The van der Waals surface area contributed by atoms with E-state index in [4.69, 9.17) is 11.6 Å². The van der Waals surface area contributed by atoms with Crippen molar-refractivity contribution in [3.05, 3.63) is 34.3 Å². The first-order chi connectivity index (χ1) is 6.83. The molecule has 1 aromatic rings. The summed E-state index contributed by atoms with van der Waals surface area (Å²) in [6.07, 6.45) is 2.24. The number of rotatable bonds is 6. The summed E-state index contributed by atoms with van der Waals surface area (Å²) in [6, 6.07) is 8.35. The average Bonchev–Trinajstić information content (AvgIpc) is 2.18. The minimum Gasteiger partial charge on any atom is -0.313 e. The van der Waals surface area contributed by atoms with Crippen LogP contribution in [0.3, 0.4) is 0 Å². The van der Waals surface area contributed by atoms with Gasteiger partial charge in [0.1, 0.15) is 0 Å². The second kappa shape index (κ2) is 7.27. The Balaban J connectivity index is 2.18. The monoisotopic (exact) mass is 275 g/mol. The molecule has 1 N–H and O–H groups in total. The molecular formula is C11H15BrClN. The first-order valence-corrected chi connectivity index (χ1v) is 6.17. The Morgan fingerprint density at radius 1 is 1.29 bits per heavy atom. The van der Waals surface area contributed by atoms with Gasteiger partial charge in [0.2, 0.25) is 0 Å². The van der Waals surface area contributed by atoms with Crippen LogP contribution < -0.4 is 5.32 Å². The average molecular weight is 277 g/mol. The smallest absolute Gasteiger partial charge is 0.0223 e. The van der Waals surface area contributed by atoms with Crippen molar-refractivity contribution in [3.63, 3.8) is 0 Å². The predicted molar refractivity (Wildman–Crippen MR) is 65.8 cm³/mol. The number of hydrogen-bond acceptors (Lipinski definition) is 1. The van der Waals surface area contributed by atoms with E-state index in [-0.39, 0.29) is 0 Å². The Morgan fingerprint density at radius 3 is 2.86 bits per heavy atom. The van der Waals surface area contributed by atoms with Gasteiger partial charge in [-0.2, -0.15) is 0 Å². The van der Waals surface area contributed by atoms with Crippen LogP contribution in [0.25, 0.3) is 0 Å². The van der Waals surface area contributed by atoms with E-state index in [0.29, 0.717) is 0 Å². The Morgan fingerprint density at radius 2 is 2.14 bits per heavy atom. The largest absolute Gasteiger partial charge is 0.313 e. The zero-order valence-electron chi connectivity index (χ0n) is 8.10. The molecule has 0 heterocycles. The fraction of sp³-hybridized carbons (Fsp3) is 0.455. The zero-order valence-corrected chi connectivity index (χ0v) is 10.4. The molecule has 0 radical (unpaired) electrons. The molecule has 0 aliphatic carbocycles. The summed E-state index contributed by atoms with van der Waals surface area (Å²) in [5.41, 5.74) is 1.31. The predicted octanol–water partition coefficient (Wildman–Crippen LogP) is 3.56. The number of unbranched alkanes of at least 4 members (excludes halogenated alkanes) is 1. The van der Waals surface area contributed by atoms with E-state index in [9.17, 15) is 0 Å². The molecule has 0 aromatic heterocycles. The Hall–Kier alpha value is -0.0500.